The van der Waals surface area contributed by atoms with Crippen molar-refractivity contribution in [2.45, 2.75) is 19.3 Å². The van der Waals surface area contributed by atoms with Gasteiger partial charge in [0, 0.05) is 28.6 Å². The first-order valence-corrected chi connectivity index (χ1v) is 8.09. The first-order chi connectivity index (χ1) is 11.7. The van der Waals surface area contributed by atoms with Gasteiger partial charge in [0.25, 0.3) is 0 Å². The Bertz CT molecular complexity index is 823. The van der Waals surface area contributed by atoms with Crippen molar-refractivity contribution in [3.05, 3.63) is 65.9 Å². The minimum absolute atomic E-state index is 0.125. The Morgan fingerprint density at radius 3 is 2.62 bits per heavy atom. The number of benzene rings is 2. The normalized spacial score (nSPS) is 12.1. The van der Waals surface area contributed by atoms with Gasteiger partial charge in [0.15, 0.2) is 0 Å². The summed E-state index contributed by atoms with van der Waals surface area (Å²) in [5.74, 6) is 0.445. The van der Waals surface area contributed by atoms with Gasteiger partial charge in [0.2, 0.25) is 0 Å². The number of carbonyl (C=O) groups is 1. The van der Waals surface area contributed by atoms with Crippen molar-refractivity contribution in [2.24, 2.45) is 0 Å². The van der Waals surface area contributed by atoms with Crippen LogP contribution in [0.2, 0.25) is 0 Å². The molecule has 0 radical (unpaired) electrons. The lowest BCUT2D eigenvalue weighted by molar-refractivity contribution is -0.143. The largest absolute Gasteiger partial charge is 0.496 e. The molecule has 0 aliphatic carbocycles. The Labute approximate surface area is 141 Å². The van der Waals surface area contributed by atoms with Gasteiger partial charge < -0.3 is 14.5 Å². The second-order valence-electron chi connectivity index (χ2n) is 5.59. The fraction of sp³-hybridized carbons (Fsp3) is 0.250. The molecular weight excluding hydrogens is 302 g/mol. The smallest absolute Gasteiger partial charge is 0.306 e. The first-order valence-electron chi connectivity index (χ1n) is 8.09. The highest BCUT2D eigenvalue weighted by Crippen LogP contribution is 2.39. The number of H-pyrrole nitrogens is 1. The minimum atomic E-state index is -0.207. The van der Waals surface area contributed by atoms with E-state index in [2.05, 4.69) is 4.98 Å². The Morgan fingerprint density at radius 2 is 1.92 bits per heavy atom. The highest BCUT2D eigenvalue weighted by molar-refractivity contribution is 5.87. The van der Waals surface area contributed by atoms with Crippen molar-refractivity contribution >= 4 is 16.9 Å². The van der Waals surface area contributed by atoms with Crippen molar-refractivity contribution < 1.29 is 14.3 Å². The van der Waals surface area contributed by atoms with E-state index in [1.54, 1.807) is 7.11 Å². The number of nitrogens with one attached hydrogen (secondary N) is 1. The zero-order chi connectivity index (χ0) is 16.9. The Morgan fingerprint density at radius 1 is 1.12 bits per heavy atom. The molecule has 0 fully saturated rings. The molecule has 0 saturated carbocycles. The van der Waals surface area contributed by atoms with Crippen LogP contribution in [-0.4, -0.2) is 24.7 Å². The topological polar surface area (TPSA) is 51.3 Å². The minimum Gasteiger partial charge on any atom is -0.496 e. The van der Waals surface area contributed by atoms with E-state index in [0.717, 1.165) is 27.8 Å². The highest BCUT2D eigenvalue weighted by Gasteiger charge is 2.24. The molecule has 1 aromatic heterocycles. The van der Waals surface area contributed by atoms with Crippen LogP contribution in [0.5, 0.6) is 5.75 Å². The number of methoxy groups -OCH3 is 1. The molecule has 0 spiro atoms. The Balaban J connectivity index is 2.15. The number of rotatable bonds is 6. The molecular formula is C20H21NO3. The maximum atomic E-state index is 12.2. The third kappa shape index (κ3) is 3.13. The standard InChI is InChI=1S/C20H21NO3/c1-3-24-19(22)13-16(14-7-5-4-6-8-14)20-15-11-12-21-17(15)9-10-18(20)23-2/h4-12,16,21H,3,13H2,1-2H3. The van der Waals surface area contributed by atoms with Gasteiger partial charge in [-0.1, -0.05) is 30.3 Å². The maximum absolute atomic E-state index is 12.2. The number of aromatic amines is 1. The first kappa shape index (κ1) is 16.1. The lowest BCUT2D eigenvalue weighted by atomic mass is 9.86. The molecule has 0 aliphatic rings. The predicted molar refractivity (Wildman–Crippen MR) is 94.4 cm³/mol. The van der Waals surface area contributed by atoms with Crippen molar-refractivity contribution in [3.8, 4) is 5.75 Å². The number of hydrogen-bond donors (Lipinski definition) is 1. The van der Waals surface area contributed by atoms with Crippen molar-refractivity contribution in [1.29, 1.82) is 0 Å². The van der Waals surface area contributed by atoms with Gasteiger partial charge in [-0.05, 0) is 30.7 Å². The molecule has 24 heavy (non-hydrogen) atoms. The van der Waals surface area contributed by atoms with Crippen LogP contribution in [-0.2, 0) is 9.53 Å². The summed E-state index contributed by atoms with van der Waals surface area (Å²) in [4.78, 5) is 15.4. The van der Waals surface area contributed by atoms with Crippen LogP contribution in [0.25, 0.3) is 10.9 Å². The number of esters is 1. The Hall–Kier alpha value is -2.75. The number of fused-ring (bicyclic) bond motifs is 1. The summed E-state index contributed by atoms with van der Waals surface area (Å²) in [6, 6.07) is 16.0. The molecule has 4 heteroatoms. The SMILES string of the molecule is CCOC(=O)CC(c1ccccc1)c1c(OC)ccc2[nH]ccc12. The zero-order valence-corrected chi connectivity index (χ0v) is 13.9. The van der Waals surface area contributed by atoms with Crippen LogP contribution in [0.4, 0.5) is 0 Å². The second-order valence-corrected chi connectivity index (χ2v) is 5.59. The average molecular weight is 323 g/mol. The van der Waals surface area contributed by atoms with E-state index < -0.39 is 0 Å². The molecule has 1 heterocycles. The third-order valence-electron chi connectivity index (χ3n) is 4.18. The molecule has 0 bridgehead atoms. The maximum Gasteiger partial charge on any atom is 0.306 e. The van der Waals surface area contributed by atoms with Crippen molar-refractivity contribution in [3.63, 3.8) is 0 Å². The number of aromatic nitrogens is 1. The molecule has 1 atom stereocenters. The number of hydrogen-bond acceptors (Lipinski definition) is 3. The van der Waals surface area contributed by atoms with Gasteiger partial charge in [0.05, 0.1) is 20.1 Å². The van der Waals surface area contributed by atoms with Crippen LogP contribution < -0.4 is 4.74 Å². The molecule has 4 nitrogen and oxygen atoms in total. The van der Waals surface area contributed by atoms with E-state index in [-0.39, 0.29) is 18.3 Å². The van der Waals surface area contributed by atoms with Crippen LogP contribution in [0.3, 0.4) is 0 Å². The van der Waals surface area contributed by atoms with Crippen molar-refractivity contribution in [2.75, 3.05) is 13.7 Å². The van der Waals surface area contributed by atoms with Gasteiger partial charge in [-0.3, -0.25) is 4.79 Å². The molecule has 3 rings (SSSR count). The highest BCUT2D eigenvalue weighted by atomic mass is 16.5. The molecule has 0 aliphatic heterocycles. The van der Waals surface area contributed by atoms with Gasteiger partial charge in [0.1, 0.15) is 5.75 Å². The monoisotopic (exact) mass is 323 g/mol. The van der Waals surface area contributed by atoms with Crippen molar-refractivity contribution in [1.82, 2.24) is 4.98 Å². The second kappa shape index (κ2) is 7.21. The van der Waals surface area contributed by atoms with Crippen LogP contribution in [0, 0.1) is 0 Å². The summed E-state index contributed by atoms with van der Waals surface area (Å²) in [7, 11) is 1.66. The van der Waals surface area contributed by atoms with E-state index in [0.29, 0.717) is 6.61 Å². The van der Waals surface area contributed by atoms with Crippen LogP contribution >= 0.6 is 0 Å². The molecule has 0 saturated heterocycles. The summed E-state index contributed by atoms with van der Waals surface area (Å²) in [5, 5.41) is 1.06. The van der Waals surface area contributed by atoms with Gasteiger partial charge in [-0.2, -0.15) is 0 Å². The Kier molecular flexibility index (Phi) is 4.85. The summed E-state index contributed by atoms with van der Waals surface area (Å²) in [6.45, 7) is 2.20. The summed E-state index contributed by atoms with van der Waals surface area (Å²) >= 11 is 0. The summed E-state index contributed by atoms with van der Waals surface area (Å²) < 4.78 is 10.8. The average Bonchev–Trinajstić information content (AvgIpc) is 3.08. The summed E-state index contributed by atoms with van der Waals surface area (Å²) in [5.41, 5.74) is 3.10. The van der Waals surface area contributed by atoms with E-state index in [4.69, 9.17) is 9.47 Å². The summed E-state index contributed by atoms with van der Waals surface area (Å²) in [6.07, 6.45) is 2.18. The molecule has 2 aromatic carbocycles. The molecule has 0 amide bonds. The van der Waals surface area contributed by atoms with Crippen LogP contribution in [0.15, 0.2) is 54.7 Å². The molecule has 124 valence electrons. The van der Waals surface area contributed by atoms with Crippen LogP contribution in [0.1, 0.15) is 30.4 Å². The fourth-order valence-corrected chi connectivity index (χ4v) is 3.13. The lowest BCUT2D eigenvalue weighted by Gasteiger charge is -2.21. The van der Waals surface area contributed by atoms with E-state index >= 15 is 0 Å². The number of carbonyl (C=O) groups excluding carboxylic acids is 1. The van der Waals surface area contributed by atoms with E-state index in [9.17, 15) is 4.79 Å². The number of ether oxygens (including phenoxy) is 2. The quantitative estimate of drug-likeness (QED) is 0.690. The van der Waals surface area contributed by atoms with Gasteiger partial charge in [-0.25, -0.2) is 0 Å². The van der Waals surface area contributed by atoms with E-state index in [1.165, 1.54) is 0 Å². The molecule has 1 N–H and O–H groups in total. The fourth-order valence-electron chi connectivity index (χ4n) is 3.13. The molecule has 3 aromatic rings. The zero-order valence-electron chi connectivity index (χ0n) is 13.9. The van der Waals surface area contributed by atoms with E-state index in [1.807, 2.05) is 61.7 Å². The van der Waals surface area contributed by atoms with Gasteiger partial charge in [-0.15, -0.1) is 0 Å². The van der Waals surface area contributed by atoms with Gasteiger partial charge >= 0.3 is 5.97 Å². The molecule has 1 unspecified atom stereocenters. The third-order valence-corrected chi connectivity index (χ3v) is 4.18. The predicted octanol–water partition coefficient (Wildman–Crippen LogP) is 4.26. The lowest BCUT2D eigenvalue weighted by Crippen LogP contribution is -2.13.